The molecule has 1 spiro atoms. The third-order valence-electron chi connectivity index (χ3n) is 8.85. The second kappa shape index (κ2) is 9.53. The number of rotatable bonds is 9. The molecule has 2 amide bonds. The van der Waals surface area contributed by atoms with Gasteiger partial charge in [0.2, 0.25) is 5.91 Å². The number of carboxylic acids is 1. The van der Waals surface area contributed by atoms with Crippen LogP contribution in [0.25, 0.3) is 0 Å². The maximum atomic E-state index is 14.7. The average molecular weight is 515 g/mol. The molecule has 8 heteroatoms. The number of hydrogen-bond acceptors (Lipinski definition) is 5. The van der Waals surface area contributed by atoms with Gasteiger partial charge in [-0.15, -0.1) is 18.3 Å². The van der Waals surface area contributed by atoms with Gasteiger partial charge in [0, 0.05) is 17.0 Å². The molecule has 3 heterocycles. The number of aryl methyl sites for hydroxylation is 2. The Bertz CT molecular complexity index is 1070. The lowest BCUT2D eigenvalue weighted by Crippen LogP contribution is -2.59. The summed E-state index contributed by atoms with van der Waals surface area (Å²) in [6.07, 6.45) is 3.62. The number of likely N-dealkylation sites (tertiary alicyclic amines) is 1. The lowest BCUT2D eigenvalue weighted by molar-refractivity contribution is -0.151. The smallest absolute Gasteiger partial charge is 0.308 e. The van der Waals surface area contributed by atoms with Gasteiger partial charge in [-0.25, -0.2) is 0 Å². The van der Waals surface area contributed by atoms with Crippen molar-refractivity contribution < 1.29 is 24.6 Å². The molecule has 3 aliphatic rings. The summed E-state index contributed by atoms with van der Waals surface area (Å²) in [5.41, 5.74) is 2.67. The predicted molar refractivity (Wildman–Crippen MR) is 142 cm³/mol. The molecule has 0 saturated carbocycles. The van der Waals surface area contributed by atoms with E-state index in [1.54, 1.807) is 15.9 Å². The Labute approximate surface area is 217 Å². The molecule has 3 aliphatic heterocycles. The van der Waals surface area contributed by atoms with E-state index in [1.807, 2.05) is 52.8 Å². The van der Waals surface area contributed by atoms with Crippen molar-refractivity contribution in [2.24, 2.45) is 17.8 Å². The number of carbonyl (C=O) groups is 3. The molecule has 1 aromatic rings. The minimum absolute atomic E-state index is 0.0569. The van der Waals surface area contributed by atoms with Crippen molar-refractivity contribution in [3.8, 4) is 0 Å². The van der Waals surface area contributed by atoms with E-state index in [1.165, 1.54) is 11.8 Å². The zero-order chi connectivity index (χ0) is 26.6. The van der Waals surface area contributed by atoms with Crippen molar-refractivity contribution in [2.75, 3.05) is 18.1 Å². The van der Waals surface area contributed by atoms with Crippen LogP contribution < -0.4 is 4.90 Å². The van der Waals surface area contributed by atoms with Crippen LogP contribution in [0, 0.1) is 31.6 Å². The molecule has 3 fully saturated rings. The molecule has 1 aromatic carbocycles. The first-order valence-electron chi connectivity index (χ1n) is 12.8. The monoisotopic (exact) mass is 514 g/mol. The van der Waals surface area contributed by atoms with Gasteiger partial charge in [0.25, 0.3) is 5.91 Å². The summed E-state index contributed by atoms with van der Waals surface area (Å²) in [5.74, 6) is -3.25. The number of anilines is 1. The van der Waals surface area contributed by atoms with Crippen LogP contribution in [0.2, 0.25) is 0 Å². The van der Waals surface area contributed by atoms with Crippen LogP contribution in [0.5, 0.6) is 0 Å². The Morgan fingerprint density at radius 3 is 2.47 bits per heavy atom. The number of para-hydroxylation sites is 1. The summed E-state index contributed by atoms with van der Waals surface area (Å²) < 4.78 is -1.45. The van der Waals surface area contributed by atoms with E-state index in [0.29, 0.717) is 19.3 Å². The Kier molecular flexibility index (Phi) is 7.07. The van der Waals surface area contributed by atoms with Crippen molar-refractivity contribution in [1.29, 1.82) is 0 Å². The number of aliphatic carboxylic acids is 1. The Morgan fingerprint density at radius 2 is 1.94 bits per heavy atom. The minimum atomic E-state index is -0.986. The molecule has 0 aliphatic carbocycles. The maximum absolute atomic E-state index is 14.7. The molecule has 0 aromatic heterocycles. The number of carbonyl (C=O) groups excluding carboxylic acids is 2. The molecular formula is C28H38N2O5S. The highest BCUT2D eigenvalue weighted by Crippen LogP contribution is 2.71. The van der Waals surface area contributed by atoms with E-state index >= 15 is 0 Å². The first-order chi connectivity index (χ1) is 17.0. The van der Waals surface area contributed by atoms with E-state index in [4.69, 9.17) is 0 Å². The Morgan fingerprint density at radius 1 is 1.31 bits per heavy atom. The number of hydrogen-bond donors (Lipinski definition) is 2. The number of fused-ring (bicyclic) bond motifs is 1. The van der Waals surface area contributed by atoms with Gasteiger partial charge in [0.15, 0.2) is 0 Å². The molecule has 4 rings (SSSR count). The van der Waals surface area contributed by atoms with Crippen LogP contribution >= 0.6 is 11.8 Å². The van der Waals surface area contributed by atoms with Gasteiger partial charge in [-0.3, -0.25) is 14.4 Å². The molecule has 196 valence electrons. The van der Waals surface area contributed by atoms with Crippen molar-refractivity contribution in [1.82, 2.24) is 4.90 Å². The second-order valence-electron chi connectivity index (χ2n) is 10.9. The summed E-state index contributed by atoms with van der Waals surface area (Å²) >= 11 is 1.52. The Balaban J connectivity index is 1.91. The Hall–Kier alpha value is -2.32. The number of thioether (sulfide) groups is 1. The van der Waals surface area contributed by atoms with Crippen LogP contribution in [-0.2, 0) is 14.4 Å². The van der Waals surface area contributed by atoms with E-state index in [-0.39, 0.29) is 30.9 Å². The van der Waals surface area contributed by atoms with Crippen LogP contribution in [0.1, 0.15) is 51.2 Å². The van der Waals surface area contributed by atoms with E-state index < -0.39 is 39.4 Å². The third kappa shape index (κ3) is 3.71. The lowest BCUT2D eigenvalue weighted by atomic mass is 9.66. The molecule has 36 heavy (non-hydrogen) atoms. The highest BCUT2D eigenvalue weighted by molar-refractivity contribution is 8.02. The summed E-state index contributed by atoms with van der Waals surface area (Å²) in [6.45, 7) is 13.7. The number of carboxylic acid groups (broad SMARTS) is 1. The van der Waals surface area contributed by atoms with Crippen LogP contribution in [0.4, 0.5) is 5.69 Å². The first kappa shape index (κ1) is 26.7. The molecule has 2 unspecified atom stereocenters. The summed E-state index contributed by atoms with van der Waals surface area (Å²) in [7, 11) is 0. The fraction of sp³-hybridized carbons (Fsp3) is 0.607. The van der Waals surface area contributed by atoms with E-state index in [0.717, 1.165) is 16.8 Å². The fourth-order valence-corrected chi connectivity index (χ4v) is 9.32. The van der Waals surface area contributed by atoms with Crippen molar-refractivity contribution in [3.05, 3.63) is 42.0 Å². The van der Waals surface area contributed by atoms with Gasteiger partial charge >= 0.3 is 5.97 Å². The zero-order valence-corrected chi connectivity index (χ0v) is 22.7. The molecule has 0 radical (unpaired) electrons. The number of amides is 2. The minimum Gasteiger partial charge on any atom is -0.481 e. The number of aliphatic hydroxyl groups is 1. The topological polar surface area (TPSA) is 98.2 Å². The van der Waals surface area contributed by atoms with Gasteiger partial charge in [0.05, 0.1) is 29.2 Å². The van der Waals surface area contributed by atoms with Crippen molar-refractivity contribution in [3.63, 3.8) is 0 Å². The standard InChI is InChI=1S/C28H38N2O5S/c1-7-14-29(22-17(4)10-9-11-18(22)5)25(33)23-28-13-12-27(6,36-28)21(26(34)35)20(28)24(32)30(23)19(15-31)16(3)8-2/h7,9-11,16,19-21,23,31H,1,8,12-15H2,2-6H3,(H,34,35)/t16-,19-,20-,21+,23?,27-,28?/m0/s1. The highest BCUT2D eigenvalue weighted by atomic mass is 32.2. The lowest BCUT2D eigenvalue weighted by Gasteiger charge is -2.41. The quantitative estimate of drug-likeness (QED) is 0.487. The van der Waals surface area contributed by atoms with Crippen LogP contribution in [0.15, 0.2) is 30.9 Å². The SMILES string of the molecule is C=CCN(C(=O)C1N([C@@H](CO)[C@@H](C)CC)C(=O)[C@@H]2[C@H](C(=O)O)[C@]3(C)CCC12S3)c1c(C)cccc1C. The fourth-order valence-electron chi connectivity index (χ4n) is 6.99. The third-order valence-corrected chi connectivity index (χ3v) is 10.8. The maximum Gasteiger partial charge on any atom is 0.308 e. The van der Waals surface area contributed by atoms with E-state index in [2.05, 4.69) is 6.58 Å². The van der Waals surface area contributed by atoms with Gasteiger partial charge in [-0.1, -0.05) is 44.5 Å². The normalized spacial score (nSPS) is 32.3. The van der Waals surface area contributed by atoms with Gasteiger partial charge < -0.3 is 20.0 Å². The highest BCUT2D eigenvalue weighted by Gasteiger charge is 2.78. The second-order valence-corrected chi connectivity index (χ2v) is 12.8. The molecule has 7 atom stereocenters. The van der Waals surface area contributed by atoms with E-state index in [9.17, 15) is 24.6 Å². The number of aliphatic hydroxyl groups excluding tert-OH is 1. The number of nitrogens with zero attached hydrogens (tertiary/aromatic N) is 2. The van der Waals surface area contributed by atoms with Crippen LogP contribution in [0.3, 0.4) is 0 Å². The largest absolute Gasteiger partial charge is 0.481 e. The molecule has 2 N–H and O–H groups in total. The van der Waals surface area contributed by atoms with Crippen LogP contribution in [-0.4, -0.2) is 67.6 Å². The molecular weight excluding hydrogens is 476 g/mol. The summed E-state index contributed by atoms with van der Waals surface area (Å²) in [6, 6.07) is 4.43. The summed E-state index contributed by atoms with van der Waals surface area (Å²) in [5, 5.41) is 20.7. The summed E-state index contributed by atoms with van der Waals surface area (Å²) in [4.78, 5) is 44.6. The molecule has 7 nitrogen and oxygen atoms in total. The molecule has 2 bridgehead atoms. The number of benzene rings is 1. The van der Waals surface area contributed by atoms with Gasteiger partial charge in [-0.05, 0) is 50.7 Å². The van der Waals surface area contributed by atoms with Crippen molar-refractivity contribution >= 4 is 35.2 Å². The average Bonchev–Trinajstić information content (AvgIpc) is 3.39. The zero-order valence-electron chi connectivity index (χ0n) is 21.9. The van der Waals surface area contributed by atoms with Gasteiger partial charge in [0.1, 0.15) is 6.04 Å². The van der Waals surface area contributed by atoms with Gasteiger partial charge in [-0.2, -0.15) is 0 Å². The molecule has 3 saturated heterocycles. The first-order valence-corrected chi connectivity index (χ1v) is 13.6. The predicted octanol–water partition coefficient (Wildman–Crippen LogP) is 3.80. The van der Waals surface area contributed by atoms with Crippen molar-refractivity contribution in [2.45, 2.75) is 75.5 Å².